The largest absolute Gasteiger partial charge is 0.297 e. The fourth-order valence-corrected chi connectivity index (χ4v) is 2.30. The highest BCUT2D eigenvalue weighted by Gasteiger charge is 2.07. The van der Waals surface area contributed by atoms with Gasteiger partial charge in [0.25, 0.3) is 0 Å². The van der Waals surface area contributed by atoms with Gasteiger partial charge in [0.1, 0.15) is 11.6 Å². The number of aromatic nitrogens is 1. The predicted octanol–water partition coefficient (Wildman–Crippen LogP) is 2.82. The molecule has 0 spiro atoms. The topological polar surface area (TPSA) is 48.1 Å². The molecule has 2 rings (SSSR count). The van der Waals surface area contributed by atoms with E-state index < -0.39 is 0 Å². The van der Waals surface area contributed by atoms with Gasteiger partial charge in [-0.1, -0.05) is 17.7 Å². The molecule has 0 atom stereocenters. The van der Waals surface area contributed by atoms with Gasteiger partial charge in [-0.2, -0.15) is 0 Å². The maximum Gasteiger partial charge on any atom is 0.121 e. The normalized spacial score (nSPS) is 10.7. The minimum Gasteiger partial charge on any atom is -0.297 e. The fourth-order valence-electron chi connectivity index (χ4n) is 1.58. The molecule has 1 heterocycles. The Morgan fingerprint density at radius 1 is 1.38 bits per heavy atom. The predicted molar refractivity (Wildman–Crippen MR) is 66.0 cm³/mol. The van der Waals surface area contributed by atoms with E-state index in [1.54, 1.807) is 11.3 Å². The molecule has 4 heteroatoms. The smallest absolute Gasteiger partial charge is 0.121 e. The van der Waals surface area contributed by atoms with Crippen LogP contribution in [0.15, 0.2) is 23.6 Å². The first-order chi connectivity index (χ1) is 7.70. The molecule has 0 fully saturated rings. The standard InChI is InChI=1S/C12H14N2OS/c1-8-3-4-9(2)10(5-8)11-7-16-12(14-11)6-15-13/h3-5,7H,6,13H2,1-2H3. The second kappa shape index (κ2) is 4.74. The summed E-state index contributed by atoms with van der Waals surface area (Å²) in [7, 11) is 0. The van der Waals surface area contributed by atoms with Gasteiger partial charge in [0, 0.05) is 10.9 Å². The molecule has 1 aromatic carbocycles. The van der Waals surface area contributed by atoms with Crippen LogP contribution in [0.4, 0.5) is 0 Å². The summed E-state index contributed by atoms with van der Waals surface area (Å²) in [6.45, 7) is 4.54. The van der Waals surface area contributed by atoms with E-state index in [4.69, 9.17) is 5.90 Å². The summed E-state index contributed by atoms with van der Waals surface area (Å²) in [6, 6.07) is 6.37. The molecule has 0 saturated heterocycles. The van der Waals surface area contributed by atoms with Crippen LogP contribution in [-0.4, -0.2) is 4.98 Å². The van der Waals surface area contributed by atoms with E-state index in [1.807, 2.05) is 5.38 Å². The average molecular weight is 234 g/mol. The lowest BCUT2D eigenvalue weighted by atomic mass is 10.0. The van der Waals surface area contributed by atoms with Crippen LogP contribution < -0.4 is 5.90 Å². The van der Waals surface area contributed by atoms with E-state index >= 15 is 0 Å². The Morgan fingerprint density at radius 2 is 2.19 bits per heavy atom. The number of rotatable bonds is 3. The Kier molecular flexibility index (Phi) is 3.33. The van der Waals surface area contributed by atoms with Crippen molar-refractivity contribution in [3.63, 3.8) is 0 Å². The molecule has 16 heavy (non-hydrogen) atoms. The van der Waals surface area contributed by atoms with Crippen molar-refractivity contribution in [3.05, 3.63) is 39.7 Å². The zero-order chi connectivity index (χ0) is 11.5. The molecule has 0 unspecified atom stereocenters. The Labute approximate surface area is 98.9 Å². The minimum atomic E-state index is 0.371. The summed E-state index contributed by atoms with van der Waals surface area (Å²) in [5.74, 6) is 5.03. The Bertz CT molecular complexity index is 494. The van der Waals surface area contributed by atoms with Gasteiger partial charge in [-0.3, -0.25) is 4.84 Å². The van der Waals surface area contributed by atoms with Crippen molar-refractivity contribution in [1.82, 2.24) is 4.98 Å². The van der Waals surface area contributed by atoms with E-state index in [-0.39, 0.29) is 0 Å². The number of nitrogens with zero attached hydrogens (tertiary/aromatic N) is 1. The van der Waals surface area contributed by atoms with Crippen molar-refractivity contribution in [1.29, 1.82) is 0 Å². The van der Waals surface area contributed by atoms with Crippen LogP contribution in [0.2, 0.25) is 0 Å². The summed E-state index contributed by atoms with van der Waals surface area (Å²) >= 11 is 1.57. The molecule has 84 valence electrons. The maximum atomic E-state index is 5.03. The Balaban J connectivity index is 2.38. The summed E-state index contributed by atoms with van der Waals surface area (Å²) < 4.78 is 0. The van der Waals surface area contributed by atoms with Crippen LogP contribution in [0.3, 0.4) is 0 Å². The second-order valence-electron chi connectivity index (χ2n) is 3.76. The van der Waals surface area contributed by atoms with E-state index in [1.165, 1.54) is 16.7 Å². The van der Waals surface area contributed by atoms with E-state index in [9.17, 15) is 0 Å². The molecular formula is C12H14N2OS. The average Bonchev–Trinajstić information content (AvgIpc) is 2.71. The highest BCUT2D eigenvalue weighted by Crippen LogP contribution is 2.26. The van der Waals surface area contributed by atoms with Gasteiger partial charge >= 0.3 is 0 Å². The van der Waals surface area contributed by atoms with Crippen molar-refractivity contribution >= 4 is 11.3 Å². The van der Waals surface area contributed by atoms with Crippen molar-refractivity contribution in [2.45, 2.75) is 20.5 Å². The SMILES string of the molecule is Cc1ccc(C)c(-c2csc(CON)n2)c1. The van der Waals surface area contributed by atoms with Crippen LogP contribution in [0.25, 0.3) is 11.3 Å². The van der Waals surface area contributed by atoms with Crippen molar-refractivity contribution < 1.29 is 4.84 Å². The summed E-state index contributed by atoms with van der Waals surface area (Å²) in [5.41, 5.74) is 4.65. The van der Waals surface area contributed by atoms with Crippen LogP contribution in [-0.2, 0) is 11.4 Å². The van der Waals surface area contributed by atoms with Gasteiger partial charge in [0.2, 0.25) is 0 Å². The molecule has 0 saturated carbocycles. The second-order valence-corrected chi connectivity index (χ2v) is 4.70. The fraction of sp³-hybridized carbons (Fsp3) is 0.250. The number of hydrogen-bond donors (Lipinski definition) is 1. The molecule has 0 amide bonds. The van der Waals surface area contributed by atoms with Crippen molar-refractivity contribution in [2.24, 2.45) is 5.90 Å². The van der Waals surface area contributed by atoms with Crippen LogP contribution >= 0.6 is 11.3 Å². The Hall–Kier alpha value is -1.23. The quantitative estimate of drug-likeness (QED) is 0.831. The highest BCUT2D eigenvalue weighted by atomic mass is 32.1. The lowest BCUT2D eigenvalue weighted by molar-refractivity contribution is 0.124. The van der Waals surface area contributed by atoms with E-state index in [0.717, 1.165) is 10.7 Å². The first-order valence-electron chi connectivity index (χ1n) is 5.04. The zero-order valence-corrected chi connectivity index (χ0v) is 10.2. The number of nitrogens with two attached hydrogens (primary N) is 1. The van der Waals surface area contributed by atoms with Crippen LogP contribution in [0, 0.1) is 13.8 Å². The Morgan fingerprint density at radius 3 is 2.94 bits per heavy atom. The monoisotopic (exact) mass is 234 g/mol. The number of aryl methyl sites for hydroxylation is 2. The van der Waals surface area contributed by atoms with Gasteiger partial charge < -0.3 is 0 Å². The van der Waals surface area contributed by atoms with Gasteiger partial charge in [0.15, 0.2) is 0 Å². The molecule has 0 aliphatic rings. The molecule has 0 aliphatic heterocycles. The molecule has 2 N–H and O–H groups in total. The lowest BCUT2D eigenvalue weighted by Gasteiger charge is -2.03. The first-order valence-corrected chi connectivity index (χ1v) is 5.92. The molecule has 1 aromatic heterocycles. The third-order valence-corrected chi connectivity index (χ3v) is 3.25. The van der Waals surface area contributed by atoms with E-state index in [2.05, 4.69) is 41.9 Å². The minimum absolute atomic E-state index is 0.371. The summed E-state index contributed by atoms with van der Waals surface area (Å²) in [4.78, 5) is 9.06. The number of benzene rings is 1. The third kappa shape index (κ3) is 2.29. The third-order valence-electron chi connectivity index (χ3n) is 2.43. The van der Waals surface area contributed by atoms with Crippen LogP contribution in [0.1, 0.15) is 16.1 Å². The highest BCUT2D eigenvalue weighted by molar-refractivity contribution is 7.09. The number of thiazole rings is 1. The number of hydrogen-bond acceptors (Lipinski definition) is 4. The van der Waals surface area contributed by atoms with Gasteiger partial charge in [0.05, 0.1) is 5.69 Å². The molecule has 0 aliphatic carbocycles. The van der Waals surface area contributed by atoms with Crippen molar-refractivity contribution in [3.8, 4) is 11.3 Å². The molecular weight excluding hydrogens is 220 g/mol. The van der Waals surface area contributed by atoms with Gasteiger partial charge in [-0.25, -0.2) is 10.9 Å². The van der Waals surface area contributed by atoms with E-state index in [0.29, 0.717) is 6.61 Å². The van der Waals surface area contributed by atoms with Crippen molar-refractivity contribution in [2.75, 3.05) is 0 Å². The van der Waals surface area contributed by atoms with Gasteiger partial charge in [-0.05, 0) is 25.5 Å². The molecule has 3 nitrogen and oxygen atoms in total. The first kappa shape index (κ1) is 11.3. The maximum absolute atomic E-state index is 5.03. The summed E-state index contributed by atoms with van der Waals surface area (Å²) in [5, 5.41) is 2.94. The zero-order valence-electron chi connectivity index (χ0n) is 9.36. The van der Waals surface area contributed by atoms with Crippen LogP contribution in [0.5, 0.6) is 0 Å². The van der Waals surface area contributed by atoms with Gasteiger partial charge in [-0.15, -0.1) is 11.3 Å². The lowest BCUT2D eigenvalue weighted by Crippen LogP contribution is -1.98. The molecule has 2 aromatic rings. The molecule has 0 bridgehead atoms. The molecule has 0 radical (unpaired) electrons. The summed E-state index contributed by atoms with van der Waals surface area (Å²) in [6.07, 6.45) is 0.